The standard InChI is InChI=1S/C21H32BrN3O2S/c1-15(2)14-25-11-8-16(9-12-25)23-21(27)19(10-13-28-3)24-20(26)17-6-4-5-7-18(17)22/h4-7,15-16,19H,8-14H2,1-3H3,(H,23,27)(H,24,26). The molecule has 5 nitrogen and oxygen atoms in total. The van der Waals surface area contributed by atoms with Crippen molar-refractivity contribution in [2.24, 2.45) is 5.92 Å². The van der Waals surface area contributed by atoms with E-state index < -0.39 is 6.04 Å². The minimum atomic E-state index is -0.513. The first kappa shape index (κ1) is 23.2. The molecular weight excluding hydrogens is 438 g/mol. The average molecular weight is 470 g/mol. The molecule has 1 atom stereocenters. The number of likely N-dealkylation sites (tertiary alicyclic amines) is 1. The molecule has 1 unspecified atom stereocenters. The average Bonchev–Trinajstić information content (AvgIpc) is 2.66. The molecule has 1 aliphatic heterocycles. The zero-order chi connectivity index (χ0) is 20.5. The Bertz CT molecular complexity index is 648. The number of piperidine rings is 1. The molecular formula is C21H32BrN3O2S. The summed E-state index contributed by atoms with van der Waals surface area (Å²) in [6, 6.07) is 6.95. The van der Waals surface area contributed by atoms with Gasteiger partial charge in [-0.15, -0.1) is 0 Å². The third-order valence-electron chi connectivity index (χ3n) is 4.91. The van der Waals surface area contributed by atoms with Crippen LogP contribution in [-0.4, -0.2) is 60.4 Å². The largest absolute Gasteiger partial charge is 0.351 e. The second kappa shape index (κ2) is 11.8. The summed E-state index contributed by atoms with van der Waals surface area (Å²) >= 11 is 5.09. The summed E-state index contributed by atoms with van der Waals surface area (Å²) in [5.74, 6) is 1.19. The van der Waals surface area contributed by atoms with Crippen molar-refractivity contribution < 1.29 is 9.59 Å². The quantitative estimate of drug-likeness (QED) is 0.580. The molecule has 2 rings (SSSR count). The number of amides is 2. The smallest absolute Gasteiger partial charge is 0.253 e. The molecule has 1 saturated heterocycles. The van der Waals surface area contributed by atoms with Crippen molar-refractivity contribution in [2.45, 2.75) is 45.2 Å². The van der Waals surface area contributed by atoms with Gasteiger partial charge in [-0.25, -0.2) is 0 Å². The van der Waals surface area contributed by atoms with Crippen LogP contribution in [0.2, 0.25) is 0 Å². The molecule has 0 aromatic heterocycles. The Kier molecular flexibility index (Phi) is 9.82. The number of hydrogen-bond donors (Lipinski definition) is 2. The van der Waals surface area contributed by atoms with Crippen LogP contribution >= 0.6 is 27.7 Å². The number of thioether (sulfide) groups is 1. The lowest BCUT2D eigenvalue weighted by atomic mass is 10.0. The molecule has 1 fully saturated rings. The maximum Gasteiger partial charge on any atom is 0.253 e. The number of rotatable bonds is 9. The van der Waals surface area contributed by atoms with Crippen molar-refractivity contribution >= 4 is 39.5 Å². The molecule has 1 aromatic carbocycles. The molecule has 2 N–H and O–H groups in total. The molecule has 0 radical (unpaired) electrons. The van der Waals surface area contributed by atoms with Crippen molar-refractivity contribution in [3.05, 3.63) is 34.3 Å². The van der Waals surface area contributed by atoms with Crippen LogP contribution in [0.15, 0.2) is 28.7 Å². The van der Waals surface area contributed by atoms with Gasteiger partial charge >= 0.3 is 0 Å². The molecule has 28 heavy (non-hydrogen) atoms. The van der Waals surface area contributed by atoms with Gasteiger partial charge in [-0.05, 0) is 65.3 Å². The molecule has 7 heteroatoms. The minimum Gasteiger partial charge on any atom is -0.351 e. The normalized spacial score (nSPS) is 16.8. The Morgan fingerprint density at radius 1 is 1.25 bits per heavy atom. The zero-order valence-electron chi connectivity index (χ0n) is 17.0. The van der Waals surface area contributed by atoms with Crippen LogP contribution in [0.1, 0.15) is 43.5 Å². The Hall–Kier alpha value is -1.05. The number of carbonyl (C=O) groups excluding carboxylic acids is 2. The number of nitrogens with zero attached hydrogens (tertiary/aromatic N) is 1. The lowest BCUT2D eigenvalue weighted by Crippen LogP contribution is -2.52. The minimum absolute atomic E-state index is 0.0724. The summed E-state index contributed by atoms with van der Waals surface area (Å²) in [5, 5.41) is 6.10. The monoisotopic (exact) mass is 469 g/mol. The SMILES string of the molecule is CSCCC(NC(=O)c1ccccc1Br)C(=O)NC1CCN(CC(C)C)CC1. The Morgan fingerprint density at radius 3 is 2.54 bits per heavy atom. The van der Waals surface area contributed by atoms with Crippen molar-refractivity contribution in [2.75, 3.05) is 31.6 Å². The van der Waals surface area contributed by atoms with Crippen molar-refractivity contribution in [3.63, 3.8) is 0 Å². The summed E-state index contributed by atoms with van der Waals surface area (Å²) in [6.07, 6.45) is 4.56. The van der Waals surface area contributed by atoms with Gasteiger partial charge < -0.3 is 15.5 Å². The van der Waals surface area contributed by atoms with Crippen LogP contribution in [0.25, 0.3) is 0 Å². The highest BCUT2D eigenvalue weighted by atomic mass is 79.9. The highest BCUT2D eigenvalue weighted by Gasteiger charge is 2.26. The van der Waals surface area contributed by atoms with Gasteiger partial charge in [0.05, 0.1) is 5.56 Å². The van der Waals surface area contributed by atoms with E-state index in [0.29, 0.717) is 17.9 Å². The van der Waals surface area contributed by atoms with Gasteiger partial charge in [-0.3, -0.25) is 9.59 Å². The summed E-state index contributed by atoms with van der Waals surface area (Å²) in [6.45, 7) is 7.61. The lowest BCUT2D eigenvalue weighted by Gasteiger charge is -2.34. The molecule has 2 amide bonds. The van der Waals surface area contributed by atoms with Crippen LogP contribution in [0, 0.1) is 5.92 Å². The Morgan fingerprint density at radius 2 is 1.93 bits per heavy atom. The van der Waals surface area contributed by atoms with Crippen LogP contribution in [-0.2, 0) is 4.79 Å². The van der Waals surface area contributed by atoms with Crippen molar-refractivity contribution in [1.29, 1.82) is 0 Å². The van der Waals surface area contributed by atoms with Gasteiger partial charge in [0.1, 0.15) is 6.04 Å². The highest BCUT2D eigenvalue weighted by Crippen LogP contribution is 2.17. The second-order valence-corrected chi connectivity index (χ2v) is 9.60. The van der Waals surface area contributed by atoms with E-state index in [1.54, 1.807) is 17.8 Å². The molecule has 1 aromatic rings. The van der Waals surface area contributed by atoms with Gasteiger partial charge in [0.15, 0.2) is 0 Å². The van der Waals surface area contributed by atoms with Gasteiger partial charge in [-0.2, -0.15) is 11.8 Å². The van der Waals surface area contributed by atoms with E-state index in [2.05, 4.69) is 45.3 Å². The number of nitrogens with one attached hydrogen (secondary N) is 2. The number of hydrogen-bond acceptors (Lipinski definition) is 4. The molecule has 0 saturated carbocycles. The van der Waals surface area contributed by atoms with Crippen LogP contribution < -0.4 is 10.6 Å². The van der Waals surface area contributed by atoms with Gasteiger partial charge in [-0.1, -0.05) is 26.0 Å². The fourth-order valence-electron chi connectivity index (χ4n) is 3.46. The fraction of sp³-hybridized carbons (Fsp3) is 0.619. The molecule has 0 aliphatic carbocycles. The van der Waals surface area contributed by atoms with E-state index in [9.17, 15) is 9.59 Å². The van der Waals surface area contributed by atoms with E-state index in [1.165, 1.54) is 0 Å². The topological polar surface area (TPSA) is 61.4 Å². The summed E-state index contributed by atoms with van der Waals surface area (Å²) in [4.78, 5) is 28.0. The van der Waals surface area contributed by atoms with Crippen molar-refractivity contribution in [3.8, 4) is 0 Å². The Balaban J connectivity index is 1.92. The number of benzene rings is 1. The first-order valence-electron chi connectivity index (χ1n) is 9.97. The number of carbonyl (C=O) groups is 2. The van der Waals surface area contributed by atoms with Gasteiger partial charge in [0.25, 0.3) is 5.91 Å². The fourth-order valence-corrected chi connectivity index (χ4v) is 4.40. The van der Waals surface area contributed by atoms with Crippen LogP contribution in [0.5, 0.6) is 0 Å². The summed E-state index contributed by atoms with van der Waals surface area (Å²) in [5.41, 5.74) is 0.548. The predicted molar refractivity (Wildman–Crippen MR) is 121 cm³/mol. The summed E-state index contributed by atoms with van der Waals surface area (Å²) in [7, 11) is 0. The molecule has 0 spiro atoms. The van der Waals surface area contributed by atoms with Crippen molar-refractivity contribution in [1.82, 2.24) is 15.5 Å². The highest BCUT2D eigenvalue weighted by molar-refractivity contribution is 9.10. The van der Waals surface area contributed by atoms with Crippen LogP contribution in [0.3, 0.4) is 0 Å². The van der Waals surface area contributed by atoms with E-state index in [0.717, 1.165) is 42.7 Å². The first-order valence-corrected chi connectivity index (χ1v) is 12.2. The lowest BCUT2D eigenvalue weighted by molar-refractivity contribution is -0.124. The van der Waals surface area contributed by atoms with Crippen LogP contribution in [0.4, 0.5) is 0 Å². The van der Waals surface area contributed by atoms with E-state index in [4.69, 9.17) is 0 Å². The van der Waals surface area contributed by atoms with E-state index >= 15 is 0 Å². The maximum atomic E-state index is 12.9. The third kappa shape index (κ3) is 7.41. The Labute approximate surface area is 181 Å². The number of halogens is 1. The molecule has 1 aliphatic rings. The maximum absolute atomic E-state index is 12.9. The third-order valence-corrected chi connectivity index (χ3v) is 6.24. The zero-order valence-corrected chi connectivity index (χ0v) is 19.4. The second-order valence-electron chi connectivity index (χ2n) is 7.76. The first-order chi connectivity index (χ1) is 13.4. The molecule has 1 heterocycles. The molecule has 0 bridgehead atoms. The summed E-state index contributed by atoms with van der Waals surface area (Å²) < 4.78 is 0.731. The van der Waals surface area contributed by atoms with Gasteiger partial charge in [0.2, 0.25) is 5.91 Å². The predicted octanol–water partition coefficient (Wildman–Crippen LogP) is 3.54. The van der Waals surface area contributed by atoms with Gasteiger partial charge in [0, 0.05) is 30.1 Å². The van der Waals surface area contributed by atoms with E-state index in [1.807, 2.05) is 24.5 Å². The molecule has 156 valence electrons. The van der Waals surface area contributed by atoms with E-state index in [-0.39, 0.29) is 17.9 Å².